The molecule has 2 fully saturated rings. The Balaban J connectivity index is 1.49. The van der Waals surface area contributed by atoms with E-state index in [0.717, 1.165) is 85.5 Å². The van der Waals surface area contributed by atoms with Crippen molar-refractivity contribution in [2.24, 2.45) is 5.92 Å². The number of ether oxygens (including phenoxy) is 2. The van der Waals surface area contributed by atoms with Gasteiger partial charge in [0.2, 0.25) is 0 Å². The maximum absolute atomic E-state index is 12.2. The van der Waals surface area contributed by atoms with E-state index in [9.17, 15) is 9.90 Å². The van der Waals surface area contributed by atoms with Crippen molar-refractivity contribution in [3.63, 3.8) is 0 Å². The summed E-state index contributed by atoms with van der Waals surface area (Å²) in [6.07, 6.45) is 10.1. The molecule has 0 aromatic carbocycles. The molecule has 0 atom stereocenters. The van der Waals surface area contributed by atoms with Crippen LogP contribution in [-0.4, -0.2) is 70.8 Å². The van der Waals surface area contributed by atoms with Gasteiger partial charge < -0.3 is 19.5 Å². The third-order valence-corrected chi connectivity index (χ3v) is 7.99. The SMILES string of the molecule is COCC1CCN(c2cc(C(=O)O)nc3c2c(C2CCC2)nn3-c2ccnc(C3=CCOCC3)c2)CC1. The summed E-state index contributed by atoms with van der Waals surface area (Å²) in [6.45, 7) is 3.75. The highest BCUT2D eigenvalue weighted by Crippen LogP contribution is 2.43. The van der Waals surface area contributed by atoms with E-state index in [1.165, 1.54) is 6.42 Å². The average molecular weight is 504 g/mol. The minimum atomic E-state index is -1.03. The molecule has 9 nitrogen and oxygen atoms in total. The molecule has 3 aromatic rings. The minimum absolute atomic E-state index is 0.0456. The monoisotopic (exact) mass is 503 g/mol. The number of rotatable bonds is 7. The van der Waals surface area contributed by atoms with Crippen LogP contribution in [0.4, 0.5) is 5.69 Å². The van der Waals surface area contributed by atoms with E-state index in [2.05, 4.69) is 20.9 Å². The number of carbonyl (C=O) groups is 1. The van der Waals surface area contributed by atoms with Crippen LogP contribution >= 0.6 is 0 Å². The lowest BCUT2D eigenvalue weighted by Gasteiger charge is -2.34. The molecule has 37 heavy (non-hydrogen) atoms. The van der Waals surface area contributed by atoms with Crippen LogP contribution in [0.15, 0.2) is 30.5 Å². The van der Waals surface area contributed by atoms with Crippen LogP contribution in [0.1, 0.15) is 66.3 Å². The van der Waals surface area contributed by atoms with Crippen LogP contribution in [0, 0.1) is 5.92 Å². The number of carboxylic acid groups (broad SMARTS) is 1. The van der Waals surface area contributed by atoms with Gasteiger partial charge in [-0.1, -0.05) is 12.5 Å². The van der Waals surface area contributed by atoms with Gasteiger partial charge in [0.25, 0.3) is 0 Å². The Hall–Kier alpha value is -3.30. The van der Waals surface area contributed by atoms with Gasteiger partial charge in [-0.25, -0.2) is 14.5 Å². The number of pyridine rings is 2. The Labute approximate surface area is 216 Å². The molecule has 0 bridgehead atoms. The van der Waals surface area contributed by atoms with E-state index >= 15 is 0 Å². The number of hydrogen-bond donors (Lipinski definition) is 1. The molecule has 2 aliphatic heterocycles. The van der Waals surface area contributed by atoms with Crippen molar-refractivity contribution >= 4 is 28.3 Å². The van der Waals surface area contributed by atoms with Crippen LogP contribution in [0.5, 0.6) is 0 Å². The summed E-state index contributed by atoms with van der Waals surface area (Å²) in [5.41, 5.74) is 5.51. The van der Waals surface area contributed by atoms with Crippen molar-refractivity contribution in [2.45, 2.75) is 44.4 Å². The van der Waals surface area contributed by atoms with Crippen LogP contribution in [0.3, 0.4) is 0 Å². The Morgan fingerprint density at radius 1 is 1.22 bits per heavy atom. The first kappa shape index (κ1) is 24.1. The van der Waals surface area contributed by atoms with E-state index in [1.807, 2.05) is 16.8 Å². The third-order valence-electron chi connectivity index (χ3n) is 7.99. The minimum Gasteiger partial charge on any atom is -0.477 e. The number of methoxy groups -OCH3 is 1. The van der Waals surface area contributed by atoms with Gasteiger partial charge in [0.15, 0.2) is 11.3 Å². The highest BCUT2D eigenvalue weighted by Gasteiger charge is 2.31. The van der Waals surface area contributed by atoms with Crippen molar-refractivity contribution in [1.29, 1.82) is 0 Å². The summed E-state index contributed by atoms with van der Waals surface area (Å²) >= 11 is 0. The Morgan fingerprint density at radius 3 is 2.73 bits per heavy atom. The molecule has 0 radical (unpaired) electrons. The first-order valence-electron chi connectivity index (χ1n) is 13.3. The number of hydrogen-bond acceptors (Lipinski definition) is 7. The summed E-state index contributed by atoms with van der Waals surface area (Å²) in [7, 11) is 1.75. The van der Waals surface area contributed by atoms with Crippen molar-refractivity contribution < 1.29 is 19.4 Å². The molecule has 194 valence electrons. The molecule has 9 heteroatoms. The van der Waals surface area contributed by atoms with E-state index in [4.69, 9.17) is 14.6 Å². The molecule has 3 aromatic heterocycles. The topological polar surface area (TPSA) is 103 Å². The van der Waals surface area contributed by atoms with E-state index in [-0.39, 0.29) is 5.69 Å². The van der Waals surface area contributed by atoms with Crippen molar-refractivity contribution in [3.05, 3.63) is 47.6 Å². The third kappa shape index (κ3) is 4.62. The standard InChI is InChI=1S/C28H33N5O4/c1-36-17-18-6-11-32(12-7-18)24-16-23(28(34)35)30-27-25(24)26(20-3-2-4-20)31-33(27)21-5-10-29-22(15-21)19-8-13-37-14-9-19/h5,8,10,15-16,18,20H,2-4,6-7,9,11-14,17H2,1H3,(H,34,35). The second-order valence-electron chi connectivity index (χ2n) is 10.3. The first-order valence-corrected chi connectivity index (χ1v) is 13.3. The van der Waals surface area contributed by atoms with Gasteiger partial charge in [-0.05, 0) is 61.8 Å². The number of carboxylic acids is 1. The largest absolute Gasteiger partial charge is 0.477 e. The van der Waals surface area contributed by atoms with Crippen molar-refractivity contribution in [2.75, 3.05) is 44.9 Å². The van der Waals surface area contributed by atoms with E-state index < -0.39 is 5.97 Å². The summed E-state index contributed by atoms with van der Waals surface area (Å²) < 4.78 is 12.7. The molecule has 0 spiro atoms. The number of aromatic carboxylic acids is 1. The van der Waals surface area contributed by atoms with Gasteiger partial charge in [-0.3, -0.25) is 4.98 Å². The van der Waals surface area contributed by atoms with Crippen LogP contribution in [-0.2, 0) is 9.47 Å². The van der Waals surface area contributed by atoms with Crippen molar-refractivity contribution in [1.82, 2.24) is 19.7 Å². The van der Waals surface area contributed by atoms with Crippen molar-refractivity contribution in [3.8, 4) is 5.69 Å². The number of piperidine rings is 1. The Kier molecular flexibility index (Phi) is 6.65. The zero-order valence-corrected chi connectivity index (χ0v) is 21.2. The lowest BCUT2D eigenvalue weighted by atomic mass is 9.82. The molecule has 1 saturated carbocycles. The quantitative estimate of drug-likeness (QED) is 0.505. The number of nitrogens with zero attached hydrogens (tertiary/aromatic N) is 5. The second kappa shape index (κ2) is 10.2. The van der Waals surface area contributed by atoms with Gasteiger partial charge >= 0.3 is 5.97 Å². The predicted molar refractivity (Wildman–Crippen MR) is 140 cm³/mol. The van der Waals surface area contributed by atoms with Crippen LogP contribution in [0.2, 0.25) is 0 Å². The number of anilines is 1. The summed E-state index contributed by atoms with van der Waals surface area (Å²) in [6, 6.07) is 5.70. The fraction of sp³-hybridized carbons (Fsp3) is 0.500. The number of aromatic nitrogens is 4. The highest BCUT2D eigenvalue weighted by molar-refractivity contribution is 5.98. The van der Waals surface area contributed by atoms with Gasteiger partial charge in [-0.2, -0.15) is 5.10 Å². The zero-order chi connectivity index (χ0) is 25.4. The van der Waals surface area contributed by atoms with Crippen LogP contribution in [0.25, 0.3) is 22.3 Å². The fourth-order valence-corrected chi connectivity index (χ4v) is 5.69. The average Bonchev–Trinajstić information content (AvgIpc) is 3.27. The van der Waals surface area contributed by atoms with Gasteiger partial charge in [0.1, 0.15) is 0 Å². The smallest absolute Gasteiger partial charge is 0.354 e. The molecule has 1 N–H and O–H groups in total. The van der Waals surface area contributed by atoms with E-state index in [0.29, 0.717) is 30.7 Å². The van der Waals surface area contributed by atoms with Gasteiger partial charge in [-0.15, -0.1) is 0 Å². The van der Waals surface area contributed by atoms with Gasteiger partial charge in [0.05, 0.1) is 41.4 Å². The summed E-state index contributed by atoms with van der Waals surface area (Å²) in [5.74, 6) is -0.135. The molecule has 0 amide bonds. The summed E-state index contributed by atoms with van der Waals surface area (Å²) in [4.78, 5) is 23.8. The normalized spacial score (nSPS) is 19.2. The molecule has 6 rings (SSSR count). The molecule has 5 heterocycles. The number of fused-ring (bicyclic) bond motifs is 1. The van der Waals surface area contributed by atoms with Gasteiger partial charge in [0, 0.05) is 38.9 Å². The fourth-order valence-electron chi connectivity index (χ4n) is 5.69. The Morgan fingerprint density at radius 2 is 2.05 bits per heavy atom. The maximum Gasteiger partial charge on any atom is 0.354 e. The lowest BCUT2D eigenvalue weighted by Crippen LogP contribution is -2.35. The second-order valence-corrected chi connectivity index (χ2v) is 10.3. The predicted octanol–water partition coefficient (Wildman–Crippen LogP) is 4.45. The zero-order valence-electron chi connectivity index (χ0n) is 21.2. The molecule has 0 unspecified atom stereocenters. The first-order chi connectivity index (χ1) is 18.1. The molecule has 1 saturated heterocycles. The van der Waals surface area contributed by atoms with Crippen LogP contribution < -0.4 is 4.90 Å². The highest BCUT2D eigenvalue weighted by atomic mass is 16.5. The molecular weight excluding hydrogens is 470 g/mol. The van der Waals surface area contributed by atoms with E-state index in [1.54, 1.807) is 19.4 Å². The Bertz CT molecular complexity index is 1340. The molecule has 3 aliphatic rings. The maximum atomic E-state index is 12.2. The summed E-state index contributed by atoms with van der Waals surface area (Å²) in [5, 5.41) is 16.1. The molecular formula is C28H33N5O4. The lowest BCUT2D eigenvalue weighted by molar-refractivity contribution is 0.0691. The molecule has 1 aliphatic carbocycles.